The molecule has 0 heterocycles. The Morgan fingerprint density at radius 3 is 1.28 bits per heavy atom. The molecular formula is C47H91N3O10. The minimum atomic E-state index is -0.174. The molecule has 0 aliphatic heterocycles. The van der Waals surface area contributed by atoms with E-state index in [9.17, 15) is 9.59 Å². The molecule has 0 saturated heterocycles. The summed E-state index contributed by atoms with van der Waals surface area (Å²) >= 11 is 0. The van der Waals surface area contributed by atoms with Gasteiger partial charge in [-0.05, 0) is 69.7 Å². The highest BCUT2D eigenvalue weighted by atomic mass is 16.6. The molecule has 0 aromatic rings. The largest absolute Gasteiger partial charge is 0.465 e. The van der Waals surface area contributed by atoms with Crippen LogP contribution >= 0.6 is 0 Å². The molecule has 0 spiro atoms. The van der Waals surface area contributed by atoms with Crippen molar-refractivity contribution in [2.24, 2.45) is 17.0 Å². The maximum Gasteiger partial charge on any atom is 0.308 e. The molecule has 0 N–H and O–H groups in total. The molecule has 0 aromatic heterocycles. The lowest BCUT2D eigenvalue weighted by atomic mass is 9.95. The molecule has 13 heteroatoms. The molecule has 0 saturated carbocycles. The molecular weight excluding hydrogens is 767 g/mol. The van der Waals surface area contributed by atoms with Gasteiger partial charge in [-0.25, -0.2) is 0 Å². The van der Waals surface area contributed by atoms with Gasteiger partial charge in [-0.3, -0.25) is 9.59 Å². The third-order valence-electron chi connectivity index (χ3n) is 10.5. The lowest BCUT2D eigenvalue weighted by Crippen LogP contribution is -2.27. The second-order valence-electron chi connectivity index (χ2n) is 16.0. The maximum atomic E-state index is 12.8. The van der Waals surface area contributed by atoms with Gasteiger partial charge in [0.25, 0.3) is 0 Å². The van der Waals surface area contributed by atoms with Crippen LogP contribution in [0.3, 0.4) is 0 Å². The molecule has 0 radical (unpaired) electrons. The van der Waals surface area contributed by atoms with Gasteiger partial charge in [0.1, 0.15) is 6.10 Å². The lowest BCUT2D eigenvalue weighted by molar-refractivity contribution is -0.150. The number of rotatable bonds is 49. The van der Waals surface area contributed by atoms with E-state index in [-0.39, 0.29) is 29.9 Å². The van der Waals surface area contributed by atoms with Gasteiger partial charge < -0.3 is 37.9 Å². The molecule has 3 unspecified atom stereocenters. The molecule has 0 aliphatic carbocycles. The van der Waals surface area contributed by atoms with Crippen molar-refractivity contribution in [2.45, 2.75) is 188 Å². The second-order valence-corrected chi connectivity index (χ2v) is 16.0. The predicted molar refractivity (Wildman–Crippen MR) is 240 cm³/mol. The SMILES string of the molecule is CCCCCCC(CCCC)C(=O)OCCCCCCOCC(COCCOCCOCCOCCN=[N+]=[N-])OCCCCCCOC(=O)C(CCCC)CCCCCC. The van der Waals surface area contributed by atoms with Gasteiger partial charge in [0.05, 0.1) is 84.5 Å². The zero-order chi connectivity index (χ0) is 43.8. The van der Waals surface area contributed by atoms with Gasteiger partial charge in [0.2, 0.25) is 0 Å². The van der Waals surface area contributed by atoms with Crippen LogP contribution in [0.15, 0.2) is 5.11 Å². The highest BCUT2D eigenvalue weighted by Crippen LogP contribution is 2.21. The first-order chi connectivity index (χ1) is 29.5. The average Bonchev–Trinajstić information content (AvgIpc) is 3.25. The van der Waals surface area contributed by atoms with E-state index in [2.05, 4.69) is 37.7 Å². The second kappa shape index (κ2) is 48.0. The van der Waals surface area contributed by atoms with Crippen LogP contribution in [0.2, 0.25) is 0 Å². The van der Waals surface area contributed by atoms with E-state index in [1.165, 1.54) is 38.5 Å². The fourth-order valence-electron chi connectivity index (χ4n) is 6.73. The molecule has 354 valence electrons. The summed E-state index contributed by atoms with van der Waals surface area (Å²) in [5, 5.41) is 3.42. The number of hydrogen-bond acceptors (Lipinski definition) is 11. The highest BCUT2D eigenvalue weighted by Gasteiger charge is 2.20. The van der Waals surface area contributed by atoms with Gasteiger partial charge in [0.15, 0.2) is 0 Å². The van der Waals surface area contributed by atoms with Crippen molar-refractivity contribution >= 4 is 11.9 Å². The summed E-state index contributed by atoms with van der Waals surface area (Å²) in [6.07, 6.45) is 25.1. The number of esters is 2. The Morgan fingerprint density at radius 1 is 0.433 bits per heavy atom. The Morgan fingerprint density at radius 2 is 0.817 bits per heavy atom. The van der Waals surface area contributed by atoms with Crippen molar-refractivity contribution in [2.75, 3.05) is 92.4 Å². The summed E-state index contributed by atoms with van der Waals surface area (Å²) < 4.78 is 46.0. The molecule has 0 fully saturated rings. The monoisotopic (exact) mass is 858 g/mol. The number of carbonyl (C=O) groups is 2. The number of unbranched alkanes of at least 4 members (excludes halogenated alkanes) is 14. The van der Waals surface area contributed by atoms with E-state index in [4.69, 9.17) is 43.4 Å². The Kier molecular flexibility index (Phi) is 46.5. The first-order valence-electron chi connectivity index (χ1n) is 24.4. The first kappa shape index (κ1) is 58.0. The molecule has 0 bridgehead atoms. The van der Waals surface area contributed by atoms with Gasteiger partial charge in [-0.1, -0.05) is 123 Å². The number of carbonyl (C=O) groups excluding carboxylic acids is 2. The summed E-state index contributed by atoms with van der Waals surface area (Å²) in [6, 6.07) is 0. The average molecular weight is 858 g/mol. The van der Waals surface area contributed by atoms with Crippen LogP contribution in [-0.4, -0.2) is 110 Å². The van der Waals surface area contributed by atoms with Crippen molar-refractivity contribution in [3.63, 3.8) is 0 Å². The van der Waals surface area contributed by atoms with Crippen LogP contribution < -0.4 is 0 Å². The zero-order valence-electron chi connectivity index (χ0n) is 39.0. The minimum absolute atomic E-state index is 0.00397. The Labute approximate surface area is 366 Å². The topological polar surface area (TPSA) is 157 Å². The number of hydrogen-bond donors (Lipinski definition) is 0. The first-order valence-corrected chi connectivity index (χ1v) is 24.4. The minimum Gasteiger partial charge on any atom is -0.465 e. The Hall–Kier alpha value is -1.99. The molecule has 0 aliphatic rings. The zero-order valence-corrected chi connectivity index (χ0v) is 39.0. The molecule has 0 rings (SSSR count). The van der Waals surface area contributed by atoms with Crippen LogP contribution in [0.1, 0.15) is 182 Å². The highest BCUT2D eigenvalue weighted by molar-refractivity contribution is 5.72. The van der Waals surface area contributed by atoms with E-state index < -0.39 is 0 Å². The van der Waals surface area contributed by atoms with Gasteiger partial charge >= 0.3 is 11.9 Å². The van der Waals surface area contributed by atoms with Gasteiger partial charge in [-0.15, -0.1) is 0 Å². The van der Waals surface area contributed by atoms with Crippen LogP contribution in [0.5, 0.6) is 0 Å². The van der Waals surface area contributed by atoms with Crippen LogP contribution in [0.25, 0.3) is 10.4 Å². The smallest absolute Gasteiger partial charge is 0.308 e. The number of nitrogens with zero attached hydrogens (tertiary/aromatic N) is 3. The van der Waals surface area contributed by atoms with Crippen molar-refractivity contribution in [1.29, 1.82) is 0 Å². The van der Waals surface area contributed by atoms with E-state index >= 15 is 0 Å². The van der Waals surface area contributed by atoms with Crippen LogP contribution in [-0.2, 0) is 47.5 Å². The fraction of sp³-hybridized carbons (Fsp3) is 0.957. The normalized spacial score (nSPS) is 12.9. The van der Waals surface area contributed by atoms with E-state index in [1.807, 2.05) is 0 Å². The van der Waals surface area contributed by atoms with E-state index in [0.717, 1.165) is 116 Å². The third kappa shape index (κ3) is 40.1. The van der Waals surface area contributed by atoms with E-state index in [0.29, 0.717) is 92.4 Å². The van der Waals surface area contributed by atoms with Crippen molar-refractivity contribution in [1.82, 2.24) is 0 Å². The van der Waals surface area contributed by atoms with Crippen molar-refractivity contribution in [3.05, 3.63) is 10.4 Å². The van der Waals surface area contributed by atoms with Gasteiger partial charge in [-0.2, -0.15) is 0 Å². The summed E-state index contributed by atoms with van der Waals surface area (Å²) in [4.78, 5) is 28.2. The number of ether oxygens (including phenoxy) is 8. The Bertz CT molecular complexity index is 972. The molecule has 60 heavy (non-hydrogen) atoms. The molecule has 13 nitrogen and oxygen atoms in total. The van der Waals surface area contributed by atoms with Crippen LogP contribution in [0, 0.1) is 11.8 Å². The summed E-state index contributed by atoms with van der Waals surface area (Å²) in [5.41, 5.74) is 8.27. The summed E-state index contributed by atoms with van der Waals surface area (Å²) in [6.45, 7) is 15.3. The lowest BCUT2D eigenvalue weighted by Gasteiger charge is -2.19. The quantitative estimate of drug-likeness (QED) is 0.0190. The molecule has 0 amide bonds. The van der Waals surface area contributed by atoms with E-state index in [1.54, 1.807) is 0 Å². The summed E-state index contributed by atoms with van der Waals surface area (Å²) in [7, 11) is 0. The predicted octanol–water partition coefficient (Wildman–Crippen LogP) is 11.5. The maximum absolute atomic E-state index is 12.8. The van der Waals surface area contributed by atoms with Gasteiger partial charge in [0, 0.05) is 24.7 Å². The van der Waals surface area contributed by atoms with Crippen molar-refractivity contribution in [3.8, 4) is 0 Å². The van der Waals surface area contributed by atoms with Crippen LogP contribution in [0.4, 0.5) is 0 Å². The summed E-state index contributed by atoms with van der Waals surface area (Å²) in [5.74, 6) is 0.0877. The molecule has 0 aromatic carbocycles. The standard InChI is InChI=1S/C47H91N3O10/c1-5-9-13-19-27-43(25-11-7-3)46(51)59-32-23-16-15-21-30-56-41-45(42-57-40-39-55-38-37-54-36-35-53-34-29-49-50-48)58-31-22-17-18-24-33-60-47(52)44(26-12-8-4)28-20-14-10-6-2/h43-45H,5-42H2,1-4H3. The fourth-order valence-corrected chi connectivity index (χ4v) is 6.73. The Balaban J connectivity index is 4.44. The molecule has 3 atom stereocenters. The third-order valence-corrected chi connectivity index (χ3v) is 10.5. The van der Waals surface area contributed by atoms with Crippen molar-refractivity contribution < 1.29 is 47.5 Å². The number of azide groups is 1.